The lowest BCUT2D eigenvalue weighted by Crippen LogP contribution is -2.33. The summed E-state index contributed by atoms with van der Waals surface area (Å²) in [7, 11) is 1.68. The van der Waals surface area contributed by atoms with E-state index in [4.69, 9.17) is 0 Å². The van der Waals surface area contributed by atoms with Gasteiger partial charge in [0.05, 0.1) is 4.92 Å². The van der Waals surface area contributed by atoms with Crippen molar-refractivity contribution in [1.82, 2.24) is 9.88 Å². The van der Waals surface area contributed by atoms with E-state index in [1.165, 1.54) is 29.2 Å². The average Bonchev–Trinajstić information content (AvgIpc) is 2.54. The zero-order chi connectivity index (χ0) is 15.9. The summed E-state index contributed by atoms with van der Waals surface area (Å²) in [5.41, 5.74) is 1.42. The van der Waals surface area contributed by atoms with Crippen molar-refractivity contribution in [3.63, 3.8) is 0 Å². The molecule has 0 fully saturated rings. The standard InChI is InChI=1S/C15H16N4O3/c1-18(11-9-12-4-2-3-10-16-12)15(20)17-13-5-7-14(8-6-13)19(21)22/h2-8,10H,9,11H2,1H3,(H,17,20). The number of aromatic nitrogens is 1. The second-order valence-corrected chi connectivity index (χ2v) is 4.73. The molecule has 0 bridgehead atoms. The van der Waals surface area contributed by atoms with Crippen molar-refractivity contribution in [2.24, 2.45) is 0 Å². The monoisotopic (exact) mass is 300 g/mol. The highest BCUT2D eigenvalue weighted by molar-refractivity contribution is 5.89. The third-order valence-electron chi connectivity index (χ3n) is 3.11. The summed E-state index contributed by atoms with van der Waals surface area (Å²) in [6.07, 6.45) is 2.37. The van der Waals surface area contributed by atoms with E-state index in [2.05, 4.69) is 10.3 Å². The lowest BCUT2D eigenvalue weighted by molar-refractivity contribution is -0.384. The van der Waals surface area contributed by atoms with Gasteiger partial charge < -0.3 is 10.2 Å². The van der Waals surface area contributed by atoms with Crippen LogP contribution in [-0.4, -0.2) is 34.4 Å². The Hall–Kier alpha value is -2.96. The minimum atomic E-state index is -0.482. The normalized spacial score (nSPS) is 10.0. The first-order chi connectivity index (χ1) is 10.6. The summed E-state index contributed by atoms with van der Waals surface area (Å²) in [4.78, 5) is 27.8. The van der Waals surface area contributed by atoms with Crippen molar-refractivity contribution < 1.29 is 9.72 Å². The molecule has 0 saturated carbocycles. The first-order valence-electron chi connectivity index (χ1n) is 6.73. The Labute approximate surface area is 127 Å². The van der Waals surface area contributed by atoms with Gasteiger partial charge in [-0.3, -0.25) is 15.1 Å². The van der Waals surface area contributed by atoms with E-state index in [0.717, 1.165) is 5.69 Å². The van der Waals surface area contributed by atoms with Gasteiger partial charge in [-0.25, -0.2) is 4.79 Å². The van der Waals surface area contributed by atoms with E-state index in [-0.39, 0.29) is 11.7 Å². The van der Waals surface area contributed by atoms with Crippen molar-refractivity contribution in [2.45, 2.75) is 6.42 Å². The van der Waals surface area contributed by atoms with Gasteiger partial charge >= 0.3 is 6.03 Å². The zero-order valence-corrected chi connectivity index (χ0v) is 12.1. The summed E-state index contributed by atoms with van der Waals surface area (Å²) in [5.74, 6) is 0. The third-order valence-corrected chi connectivity index (χ3v) is 3.11. The number of carbonyl (C=O) groups excluding carboxylic acids is 1. The molecule has 1 heterocycles. The molecule has 22 heavy (non-hydrogen) atoms. The lowest BCUT2D eigenvalue weighted by Gasteiger charge is -2.17. The number of nitrogens with zero attached hydrogens (tertiary/aromatic N) is 3. The van der Waals surface area contributed by atoms with Crippen molar-refractivity contribution >= 4 is 17.4 Å². The number of urea groups is 1. The molecule has 7 nitrogen and oxygen atoms in total. The average molecular weight is 300 g/mol. The molecule has 2 aromatic rings. The van der Waals surface area contributed by atoms with E-state index in [1.807, 2.05) is 18.2 Å². The maximum Gasteiger partial charge on any atom is 0.321 e. The van der Waals surface area contributed by atoms with Crippen LogP contribution in [0.5, 0.6) is 0 Å². The number of pyridine rings is 1. The Kier molecular flexibility index (Phi) is 5.02. The molecule has 114 valence electrons. The predicted octanol–water partition coefficient (Wildman–Crippen LogP) is 2.70. The molecular weight excluding hydrogens is 284 g/mol. The van der Waals surface area contributed by atoms with Crippen LogP contribution in [0.4, 0.5) is 16.2 Å². The predicted molar refractivity (Wildman–Crippen MR) is 82.7 cm³/mol. The second-order valence-electron chi connectivity index (χ2n) is 4.73. The molecule has 0 aliphatic carbocycles. The molecule has 0 aliphatic heterocycles. The number of benzene rings is 1. The topological polar surface area (TPSA) is 88.4 Å². The molecule has 0 aliphatic rings. The van der Waals surface area contributed by atoms with Crippen LogP contribution in [0.1, 0.15) is 5.69 Å². The number of non-ortho nitro benzene ring substituents is 1. The summed E-state index contributed by atoms with van der Waals surface area (Å²) >= 11 is 0. The summed E-state index contributed by atoms with van der Waals surface area (Å²) < 4.78 is 0. The van der Waals surface area contributed by atoms with E-state index in [0.29, 0.717) is 18.7 Å². The Balaban J connectivity index is 1.87. The van der Waals surface area contributed by atoms with Gasteiger partial charge in [-0.2, -0.15) is 0 Å². The van der Waals surface area contributed by atoms with Gasteiger partial charge in [0.2, 0.25) is 0 Å². The van der Waals surface area contributed by atoms with Crippen molar-refractivity contribution in [2.75, 3.05) is 18.9 Å². The number of amides is 2. The fraction of sp³-hybridized carbons (Fsp3) is 0.200. The van der Waals surface area contributed by atoms with E-state index < -0.39 is 4.92 Å². The summed E-state index contributed by atoms with van der Waals surface area (Å²) in [5, 5.41) is 13.3. The molecule has 7 heteroatoms. The Morgan fingerprint density at radius 3 is 2.59 bits per heavy atom. The number of rotatable bonds is 5. The molecule has 2 amide bonds. The van der Waals surface area contributed by atoms with Crippen LogP contribution in [0.25, 0.3) is 0 Å². The van der Waals surface area contributed by atoms with Crippen LogP contribution in [0.3, 0.4) is 0 Å². The maximum absolute atomic E-state index is 12.0. The lowest BCUT2D eigenvalue weighted by atomic mass is 10.2. The molecule has 0 radical (unpaired) electrons. The van der Waals surface area contributed by atoms with Crippen LogP contribution in [0.15, 0.2) is 48.7 Å². The van der Waals surface area contributed by atoms with Crippen molar-refractivity contribution in [3.05, 3.63) is 64.5 Å². The van der Waals surface area contributed by atoms with Gasteiger partial charge in [-0.05, 0) is 24.3 Å². The molecule has 1 N–H and O–H groups in total. The molecule has 0 saturated heterocycles. The minimum Gasteiger partial charge on any atom is -0.327 e. The van der Waals surface area contributed by atoms with Crippen LogP contribution >= 0.6 is 0 Å². The zero-order valence-electron chi connectivity index (χ0n) is 12.1. The third kappa shape index (κ3) is 4.27. The molecule has 2 rings (SSSR count). The largest absolute Gasteiger partial charge is 0.327 e. The summed E-state index contributed by atoms with van der Waals surface area (Å²) in [6, 6.07) is 11.1. The minimum absolute atomic E-state index is 0.0125. The van der Waals surface area contributed by atoms with Crippen molar-refractivity contribution in [3.8, 4) is 0 Å². The van der Waals surface area contributed by atoms with Crippen LogP contribution in [0.2, 0.25) is 0 Å². The Bertz CT molecular complexity index is 644. The number of anilines is 1. The first kappa shape index (κ1) is 15.4. The second kappa shape index (κ2) is 7.16. The molecule has 0 atom stereocenters. The molecule has 0 spiro atoms. The Morgan fingerprint density at radius 2 is 2.00 bits per heavy atom. The number of carbonyl (C=O) groups is 1. The highest BCUT2D eigenvalue weighted by atomic mass is 16.6. The smallest absolute Gasteiger partial charge is 0.321 e. The van der Waals surface area contributed by atoms with Crippen LogP contribution in [0, 0.1) is 10.1 Å². The van der Waals surface area contributed by atoms with Gasteiger partial charge in [0.15, 0.2) is 0 Å². The highest BCUT2D eigenvalue weighted by Gasteiger charge is 2.10. The van der Waals surface area contributed by atoms with Gasteiger partial charge in [-0.15, -0.1) is 0 Å². The fourth-order valence-electron chi connectivity index (χ4n) is 1.82. The number of hydrogen-bond donors (Lipinski definition) is 1. The Morgan fingerprint density at radius 1 is 1.27 bits per heavy atom. The SMILES string of the molecule is CN(CCc1ccccn1)C(=O)Nc1ccc([N+](=O)[O-])cc1. The van der Waals surface area contributed by atoms with Crippen LogP contribution in [-0.2, 0) is 6.42 Å². The van der Waals surface area contributed by atoms with Crippen LogP contribution < -0.4 is 5.32 Å². The molecule has 0 unspecified atom stereocenters. The highest BCUT2D eigenvalue weighted by Crippen LogP contribution is 2.15. The fourth-order valence-corrected chi connectivity index (χ4v) is 1.82. The quantitative estimate of drug-likeness (QED) is 0.679. The van der Waals surface area contributed by atoms with Gasteiger partial charge in [0, 0.05) is 49.7 Å². The summed E-state index contributed by atoms with van der Waals surface area (Å²) in [6.45, 7) is 0.524. The number of hydrogen-bond acceptors (Lipinski definition) is 4. The van der Waals surface area contributed by atoms with Gasteiger partial charge in [-0.1, -0.05) is 6.07 Å². The van der Waals surface area contributed by atoms with E-state index in [9.17, 15) is 14.9 Å². The van der Waals surface area contributed by atoms with E-state index in [1.54, 1.807) is 13.2 Å². The van der Waals surface area contributed by atoms with Gasteiger partial charge in [0.25, 0.3) is 5.69 Å². The molecule has 1 aromatic carbocycles. The first-order valence-corrected chi connectivity index (χ1v) is 6.73. The molecular formula is C15H16N4O3. The maximum atomic E-state index is 12.0. The number of likely N-dealkylation sites (N-methyl/N-ethyl adjacent to an activating group) is 1. The van der Waals surface area contributed by atoms with E-state index >= 15 is 0 Å². The number of nitro benzene ring substituents is 1. The van der Waals surface area contributed by atoms with Crippen molar-refractivity contribution in [1.29, 1.82) is 0 Å². The molecule has 1 aromatic heterocycles. The number of nitrogens with one attached hydrogen (secondary N) is 1. The van der Waals surface area contributed by atoms with Gasteiger partial charge in [0.1, 0.15) is 0 Å². The number of nitro groups is 1.